The molecular formula is C16H18N4OS. The van der Waals surface area contributed by atoms with E-state index in [9.17, 15) is 0 Å². The third kappa shape index (κ3) is 3.39. The molecule has 2 heterocycles. The van der Waals surface area contributed by atoms with Crippen LogP contribution in [0.15, 0.2) is 39.9 Å². The Bertz CT molecular complexity index is 751. The lowest BCUT2D eigenvalue weighted by Crippen LogP contribution is -1.91. The Morgan fingerprint density at radius 2 is 1.95 bits per heavy atom. The molecule has 3 rings (SSSR count). The summed E-state index contributed by atoms with van der Waals surface area (Å²) in [5.74, 6) is 1.21. The summed E-state index contributed by atoms with van der Waals surface area (Å²) in [5, 5.41) is 8.87. The second-order valence-electron chi connectivity index (χ2n) is 5.20. The molecule has 6 heteroatoms. The van der Waals surface area contributed by atoms with Gasteiger partial charge in [-0.15, -0.1) is 10.2 Å². The molecule has 0 aliphatic rings. The van der Waals surface area contributed by atoms with Crippen LogP contribution in [-0.4, -0.2) is 20.2 Å². The van der Waals surface area contributed by atoms with Crippen LogP contribution in [-0.2, 0) is 6.42 Å². The van der Waals surface area contributed by atoms with Crippen molar-refractivity contribution in [3.8, 4) is 0 Å². The number of thioether (sulfide) groups is 1. The summed E-state index contributed by atoms with van der Waals surface area (Å²) in [6, 6.07) is 10.4. The van der Waals surface area contributed by atoms with Crippen LogP contribution in [0.2, 0.25) is 0 Å². The van der Waals surface area contributed by atoms with E-state index in [-0.39, 0.29) is 5.25 Å². The van der Waals surface area contributed by atoms with Gasteiger partial charge in [0.1, 0.15) is 0 Å². The zero-order valence-corrected chi connectivity index (χ0v) is 13.6. The molecular weight excluding hydrogens is 296 g/mol. The van der Waals surface area contributed by atoms with Crippen molar-refractivity contribution in [3.63, 3.8) is 0 Å². The molecule has 0 unspecified atom stereocenters. The van der Waals surface area contributed by atoms with Crippen LogP contribution in [0.5, 0.6) is 0 Å². The van der Waals surface area contributed by atoms with Crippen LogP contribution < -0.4 is 0 Å². The number of H-pyrrole nitrogens is 1. The van der Waals surface area contributed by atoms with Crippen LogP contribution in [0.25, 0.3) is 0 Å². The van der Waals surface area contributed by atoms with Crippen LogP contribution in [0.1, 0.15) is 40.9 Å². The van der Waals surface area contributed by atoms with Gasteiger partial charge in [0.2, 0.25) is 11.8 Å². The van der Waals surface area contributed by atoms with Gasteiger partial charge in [-0.2, -0.15) is 0 Å². The van der Waals surface area contributed by atoms with E-state index in [4.69, 9.17) is 9.40 Å². The lowest BCUT2D eigenvalue weighted by Gasteiger charge is -2.02. The average molecular weight is 314 g/mol. The second kappa shape index (κ2) is 6.36. The second-order valence-corrected chi connectivity index (χ2v) is 6.52. The zero-order chi connectivity index (χ0) is 15.5. The van der Waals surface area contributed by atoms with Gasteiger partial charge in [-0.05, 0) is 19.4 Å². The van der Waals surface area contributed by atoms with Gasteiger partial charge in [-0.1, -0.05) is 42.1 Å². The molecule has 1 atom stereocenters. The number of aromatic amines is 1. The Morgan fingerprint density at radius 3 is 2.64 bits per heavy atom. The highest BCUT2D eigenvalue weighted by molar-refractivity contribution is 7.99. The Hall–Kier alpha value is -2.08. The minimum atomic E-state index is 0.0660. The maximum atomic E-state index is 5.47. The average Bonchev–Trinajstić information content (AvgIpc) is 3.07. The summed E-state index contributed by atoms with van der Waals surface area (Å²) in [4.78, 5) is 8.03. The molecule has 0 aliphatic heterocycles. The topological polar surface area (TPSA) is 67.6 Å². The summed E-state index contributed by atoms with van der Waals surface area (Å²) in [6.07, 6.45) is 0.831. The van der Waals surface area contributed by atoms with Gasteiger partial charge in [0.05, 0.1) is 10.9 Å². The molecule has 2 aromatic heterocycles. The number of imidazole rings is 1. The Balaban J connectivity index is 1.72. The molecule has 0 bridgehead atoms. The van der Waals surface area contributed by atoms with Crippen molar-refractivity contribution in [2.45, 2.75) is 37.6 Å². The van der Waals surface area contributed by atoms with E-state index in [0.29, 0.717) is 11.8 Å². The minimum Gasteiger partial charge on any atom is -0.424 e. The molecule has 0 amide bonds. The molecule has 0 saturated heterocycles. The number of aryl methyl sites for hydroxylation is 2. The van der Waals surface area contributed by atoms with Crippen molar-refractivity contribution >= 4 is 11.8 Å². The summed E-state index contributed by atoms with van der Waals surface area (Å²) >= 11 is 1.59. The molecule has 3 aromatic rings. The Labute approximate surface area is 133 Å². The monoisotopic (exact) mass is 314 g/mol. The first-order valence-electron chi connectivity index (χ1n) is 7.18. The fourth-order valence-electron chi connectivity index (χ4n) is 2.18. The third-order valence-electron chi connectivity index (χ3n) is 3.36. The van der Waals surface area contributed by atoms with Crippen molar-refractivity contribution in [1.29, 1.82) is 0 Å². The smallest absolute Gasteiger partial charge is 0.229 e. The van der Waals surface area contributed by atoms with E-state index in [1.165, 1.54) is 5.56 Å². The molecule has 0 radical (unpaired) electrons. The number of rotatable bonds is 5. The van der Waals surface area contributed by atoms with E-state index >= 15 is 0 Å². The van der Waals surface area contributed by atoms with E-state index in [2.05, 4.69) is 34.2 Å². The van der Waals surface area contributed by atoms with E-state index < -0.39 is 0 Å². The first-order valence-corrected chi connectivity index (χ1v) is 8.06. The van der Waals surface area contributed by atoms with Gasteiger partial charge in [-0.3, -0.25) is 0 Å². The zero-order valence-electron chi connectivity index (χ0n) is 12.8. The van der Waals surface area contributed by atoms with E-state index in [1.807, 2.05) is 25.1 Å². The van der Waals surface area contributed by atoms with Gasteiger partial charge in [0, 0.05) is 19.0 Å². The van der Waals surface area contributed by atoms with Crippen LogP contribution in [0.4, 0.5) is 0 Å². The van der Waals surface area contributed by atoms with Crippen molar-refractivity contribution < 1.29 is 4.42 Å². The van der Waals surface area contributed by atoms with Gasteiger partial charge < -0.3 is 9.40 Å². The fraction of sp³-hybridized carbons (Fsp3) is 0.312. The minimum absolute atomic E-state index is 0.0660. The highest BCUT2D eigenvalue weighted by Gasteiger charge is 2.17. The molecule has 1 aromatic carbocycles. The molecule has 22 heavy (non-hydrogen) atoms. The summed E-state index contributed by atoms with van der Waals surface area (Å²) in [7, 11) is 0. The van der Waals surface area contributed by atoms with Gasteiger partial charge in [0.25, 0.3) is 0 Å². The van der Waals surface area contributed by atoms with Crippen LogP contribution in [0, 0.1) is 13.8 Å². The third-order valence-corrected chi connectivity index (χ3v) is 4.33. The predicted octanol–water partition coefficient (Wildman–Crippen LogP) is 3.85. The van der Waals surface area contributed by atoms with E-state index in [1.54, 1.807) is 18.7 Å². The predicted molar refractivity (Wildman–Crippen MR) is 85.9 cm³/mol. The number of aromatic nitrogens is 4. The van der Waals surface area contributed by atoms with Crippen LogP contribution >= 0.6 is 11.8 Å². The largest absolute Gasteiger partial charge is 0.424 e. The first kappa shape index (κ1) is 14.8. The number of nitrogens with zero attached hydrogens (tertiary/aromatic N) is 3. The maximum absolute atomic E-state index is 5.47. The van der Waals surface area contributed by atoms with Crippen molar-refractivity contribution in [3.05, 3.63) is 59.1 Å². The Kier molecular flexibility index (Phi) is 4.29. The highest BCUT2D eigenvalue weighted by atomic mass is 32.2. The van der Waals surface area contributed by atoms with Gasteiger partial charge in [-0.25, -0.2) is 4.98 Å². The highest BCUT2D eigenvalue weighted by Crippen LogP contribution is 2.32. The number of hydrogen-bond acceptors (Lipinski definition) is 5. The summed E-state index contributed by atoms with van der Waals surface area (Å²) in [6.45, 7) is 5.88. The molecule has 114 valence electrons. The number of hydrogen-bond donors (Lipinski definition) is 1. The normalized spacial score (nSPS) is 12.5. The standard InChI is InChI=1S/C16H18N4OS/c1-10-14(9-13-7-5-4-6-8-13)18-16(17-10)22-11(2)15-20-19-12(3)21-15/h4-8,11H,9H2,1-3H3,(H,17,18)/t11-/m1/s1. The van der Waals surface area contributed by atoms with Crippen molar-refractivity contribution in [2.75, 3.05) is 0 Å². The number of nitrogens with one attached hydrogen (secondary N) is 1. The number of benzene rings is 1. The van der Waals surface area contributed by atoms with Crippen LogP contribution in [0.3, 0.4) is 0 Å². The quantitative estimate of drug-likeness (QED) is 0.724. The first-order chi connectivity index (χ1) is 10.6. The van der Waals surface area contributed by atoms with Gasteiger partial charge in [0.15, 0.2) is 5.16 Å². The molecule has 0 fully saturated rings. The van der Waals surface area contributed by atoms with Crippen molar-refractivity contribution in [2.24, 2.45) is 0 Å². The summed E-state index contributed by atoms with van der Waals surface area (Å²) in [5.41, 5.74) is 3.43. The van der Waals surface area contributed by atoms with E-state index in [0.717, 1.165) is 23.0 Å². The lowest BCUT2D eigenvalue weighted by atomic mass is 10.1. The maximum Gasteiger partial charge on any atom is 0.229 e. The molecule has 0 aliphatic carbocycles. The van der Waals surface area contributed by atoms with Gasteiger partial charge >= 0.3 is 0 Å². The Morgan fingerprint density at radius 1 is 1.18 bits per heavy atom. The summed E-state index contributed by atoms with van der Waals surface area (Å²) < 4.78 is 5.47. The van der Waals surface area contributed by atoms with Crippen molar-refractivity contribution in [1.82, 2.24) is 20.2 Å². The molecule has 0 saturated carbocycles. The SMILES string of the molecule is Cc1nnc([C@@H](C)Sc2nc(Cc3ccccc3)c(C)[nH]2)o1. The molecule has 1 N–H and O–H groups in total. The fourth-order valence-corrected chi connectivity index (χ4v) is 3.08. The molecule has 0 spiro atoms. The molecule has 5 nitrogen and oxygen atoms in total. The lowest BCUT2D eigenvalue weighted by molar-refractivity contribution is 0.470.